The molecule has 8 heteroatoms. The maximum Gasteiger partial charge on any atom is 0.277 e. The number of hydrogen-bond acceptors (Lipinski definition) is 4. The standard InChI is InChI=1S/C12H23N3O4S/c1-2-19-11-7-10(8-11)9-12(16)14-3-5-15(6-4-14)20(13,17)18/h10-11H,2-9H2,1H3,(H2,13,17,18). The monoisotopic (exact) mass is 305 g/mol. The Morgan fingerprint density at radius 1 is 1.25 bits per heavy atom. The number of hydrogen-bond donors (Lipinski definition) is 1. The molecule has 0 aromatic rings. The number of piperazine rings is 1. The van der Waals surface area contributed by atoms with E-state index in [4.69, 9.17) is 9.88 Å². The molecule has 0 spiro atoms. The van der Waals surface area contributed by atoms with Crippen LogP contribution in [0.5, 0.6) is 0 Å². The Morgan fingerprint density at radius 2 is 1.85 bits per heavy atom. The molecule has 1 aliphatic carbocycles. The Balaban J connectivity index is 1.71. The molecule has 1 aliphatic heterocycles. The summed E-state index contributed by atoms with van der Waals surface area (Å²) in [5.74, 6) is 0.523. The molecular formula is C12H23N3O4S. The first-order valence-corrected chi connectivity index (χ1v) is 8.57. The lowest BCUT2D eigenvalue weighted by atomic mass is 9.79. The molecule has 0 radical (unpaired) electrons. The van der Waals surface area contributed by atoms with Gasteiger partial charge in [-0.3, -0.25) is 4.79 Å². The van der Waals surface area contributed by atoms with Gasteiger partial charge in [0.1, 0.15) is 0 Å². The van der Waals surface area contributed by atoms with Crippen LogP contribution in [-0.2, 0) is 19.7 Å². The zero-order valence-corrected chi connectivity index (χ0v) is 12.6. The molecule has 20 heavy (non-hydrogen) atoms. The normalized spacial score (nSPS) is 28.2. The van der Waals surface area contributed by atoms with E-state index in [1.165, 1.54) is 4.31 Å². The molecule has 2 rings (SSSR count). The predicted molar refractivity (Wildman–Crippen MR) is 74.0 cm³/mol. The molecule has 0 atom stereocenters. The third-order valence-corrected chi connectivity index (χ3v) is 5.09. The van der Waals surface area contributed by atoms with Crippen LogP contribution in [0.4, 0.5) is 0 Å². The SMILES string of the molecule is CCOC1CC(CC(=O)N2CCN(S(N)(=O)=O)CC2)C1. The first-order valence-electron chi connectivity index (χ1n) is 7.07. The third-order valence-electron chi connectivity index (χ3n) is 4.01. The van der Waals surface area contributed by atoms with Crippen LogP contribution < -0.4 is 5.14 Å². The maximum atomic E-state index is 12.1. The fourth-order valence-electron chi connectivity index (χ4n) is 2.78. The maximum absolute atomic E-state index is 12.1. The fourth-order valence-corrected chi connectivity index (χ4v) is 3.45. The molecule has 116 valence electrons. The number of nitrogens with two attached hydrogens (primary N) is 1. The van der Waals surface area contributed by atoms with Crippen LogP contribution in [0.3, 0.4) is 0 Å². The van der Waals surface area contributed by atoms with Crippen LogP contribution >= 0.6 is 0 Å². The van der Waals surface area contributed by atoms with Crippen LogP contribution in [0.25, 0.3) is 0 Å². The minimum absolute atomic E-state index is 0.110. The lowest BCUT2D eigenvalue weighted by Crippen LogP contribution is -2.52. The van der Waals surface area contributed by atoms with Crippen LogP contribution in [0, 0.1) is 5.92 Å². The number of amides is 1. The third kappa shape index (κ3) is 3.91. The topological polar surface area (TPSA) is 92.9 Å². The van der Waals surface area contributed by atoms with Gasteiger partial charge in [0.15, 0.2) is 0 Å². The minimum atomic E-state index is -3.63. The van der Waals surface area contributed by atoms with Crippen molar-refractivity contribution >= 4 is 16.1 Å². The van der Waals surface area contributed by atoms with E-state index < -0.39 is 10.2 Å². The Labute approximate surface area is 120 Å². The van der Waals surface area contributed by atoms with Crippen molar-refractivity contribution in [1.29, 1.82) is 0 Å². The minimum Gasteiger partial charge on any atom is -0.378 e. The summed E-state index contributed by atoms with van der Waals surface area (Å²) in [6.07, 6.45) is 2.77. The van der Waals surface area contributed by atoms with E-state index in [1.807, 2.05) is 6.92 Å². The first kappa shape index (κ1) is 15.7. The average molecular weight is 305 g/mol. The summed E-state index contributed by atoms with van der Waals surface area (Å²) in [7, 11) is -3.63. The van der Waals surface area contributed by atoms with Gasteiger partial charge in [0.25, 0.3) is 10.2 Å². The summed E-state index contributed by atoms with van der Waals surface area (Å²) in [6, 6.07) is 0. The van der Waals surface area contributed by atoms with Crippen LogP contribution in [0.15, 0.2) is 0 Å². The fraction of sp³-hybridized carbons (Fsp3) is 0.917. The molecule has 1 saturated carbocycles. The Bertz CT molecular complexity index is 440. The molecule has 1 heterocycles. The van der Waals surface area contributed by atoms with E-state index in [-0.39, 0.29) is 19.0 Å². The summed E-state index contributed by atoms with van der Waals surface area (Å²) >= 11 is 0. The lowest BCUT2D eigenvalue weighted by Gasteiger charge is -2.37. The molecule has 0 unspecified atom stereocenters. The van der Waals surface area contributed by atoms with Crippen molar-refractivity contribution in [3.63, 3.8) is 0 Å². The van der Waals surface area contributed by atoms with Gasteiger partial charge in [0.05, 0.1) is 6.10 Å². The number of rotatable bonds is 5. The smallest absolute Gasteiger partial charge is 0.277 e. The van der Waals surface area contributed by atoms with Crippen molar-refractivity contribution in [1.82, 2.24) is 9.21 Å². The van der Waals surface area contributed by atoms with Gasteiger partial charge in [-0.2, -0.15) is 12.7 Å². The molecule has 1 amide bonds. The largest absolute Gasteiger partial charge is 0.378 e. The van der Waals surface area contributed by atoms with Crippen LogP contribution in [-0.4, -0.2) is 62.4 Å². The summed E-state index contributed by atoms with van der Waals surface area (Å²) in [5, 5.41) is 5.07. The van der Waals surface area contributed by atoms with Crippen molar-refractivity contribution in [2.45, 2.75) is 32.3 Å². The molecule has 2 aliphatic rings. The van der Waals surface area contributed by atoms with Crippen molar-refractivity contribution in [2.75, 3.05) is 32.8 Å². The van der Waals surface area contributed by atoms with E-state index in [0.717, 1.165) is 19.4 Å². The second kappa shape index (κ2) is 6.38. The Hall–Kier alpha value is -0.700. The summed E-state index contributed by atoms with van der Waals surface area (Å²) in [6.45, 7) is 4.13. The zero-order valence-electron chi connectivity index (χ0n) is 11.8. The predicted octanol–water partition coefficient (Wildman–Crippen LogP) is -0.461. The van der Waals surface area contributed by atoms with Gasteiger partial charge in [-0.1, -0.05) is 0 Å². The van der Waals surface area contributed by atoms with Gasteiger partial charge in [-0.15, -0.1) is 0 Å². The Morgan fingerprint density at radius 3 is 2.35 bits per heavy atom. The van der Waals surface area contributed by atoms with Gasteiger partial charge < -0.3 is 9.64 Å². The average Bonchev–Trinajstić information content (AvgIpc) is 2.35. The number of carbonyl (C=O) groups excluding carboxylic acids is 1. The zero-order chi connectivity index (χ0) is 14.8. The van der Waals surface area contributed by atoms with Crippen molar-refractivity contribution in [3.05, 3.63) is 0 Å². The quantitative estimate of drug-likeness (QED) is 0.744. The molecule has 7 nitrogen and oxygen atoms in total. The van der Waals surface area contributed by atoms with Gasteiger partial charge in [0, 0.05) is 39.2 Å². The molecule has 2 fully saturated rings. The van der Waals surface area contributed by atoms with Gasteiger partial charge >= 0.3 is 0 Å². The lowest BCUT2D eigenvalue weighted by molar-refractivity contribution is -0.135. The molecule has 0 bridgehead atoms. The first-order chi connectivity index (χ1) is 9.40. The molecule has 2 N–H and O–H groups in total. The number of ether oxygens (including phenoxy) is 1. The molecule has 1 saturated heterocycles. The second-order valence-corrected chi connectivity index (χ2v) is 6.99. The highest BCUT2D eigenvalue weighted by atomic mass is 32.2. The Kier molecular flexibility index (Phi) is 5.00. The van der Waals surface area contributed by atoms with E-state index >= 15 is 0 Å². The van der Waals surface area contributed by atoms with Crippen molar-refractivity contribution in [2.24, 2.45) is 11.1 Å². The van der Waals surface area contributed by atoms with E-state index in [9.17, 15) is 13.2 Å². The van der Waals surface area contributed by atoms with Gasteiger partial charge in [-0.05, 0) is 25.7 Å². The second-order valence-electron chi connectivity index (χ2n) is 5.44. The highest BCUT2D eigenvalue weighted by molar-refractivity contribution is 7.86. The molecule has 0 aromatic carbocycles. The van der Waals surface area contributed by atoms with Gasteiger partial charge in [-0.25, -0.2) is 5.14 Å². The van der Waals surface area contributed by atoms with Crippen LogP contribution in [0.2, 0.25) is 0 Å². The van der Waals surface area contributed by atoms with Gasteiger partial charge in [0.2, 0.25) is 5.91 Å². The van der Waals surface area contributed by atoms with E-state index in [1.54, 1.807) is 4.90 Å². The van der Waals surface area contributed by atoms with Crippen LogP contribution in [0.1, 0.15) is 26.2 Å². The number of carbonyl (C=O) groups is 1. The highest BCUT2D eigenvalue weighted by Gasteiger charge is 2.33. The highest BCUT2D eigenvalue weighted by Crippen LogP contribution is 2.33. The van der Waals surface area contributed by atoms with Crippen molar-refractivity contribution < 1.29 is 17.9 Å². The molecular weight excluding hydrogens is 282 g/mol. The summed E-state index contributed by atoms with van der Waals surface area (Å²) in [4.78, 5) is 13.8. The summed E-state index contributed by atoms with van der Waals surface area (Å²) in [5.41, 5.74) is 0. The van der Waals surface area contributed by atoms with E-state index in [2.05, 4.69) is 0 Å². The van der Waals surface area contributed by atoms with E-state index in [0.29, 0.717) is 31.5 Å². The summed E-state index contributed by atoms with van der Waals surface area (Å²) < 4.78 is 29.0. The number of nitrogens with zero attached hydrogens (tertiary/aromatic N) is 2. The molecule has 0 aromatic heterocycles. The van der Waals surface area contributed by atoms with Crippen molar-refractivity contribution in [3.8, 4) is 0 Å².